The highest BCUT2D eigenvalue weighted by Crippen LogP contribution is 2.11. The highest BCUT2D eigenvalue weighted by molar-refractivity contribution is 5.23. The summed E-state index contributed by atoms with van der Waals surface area (Å²) in [5.41, 5.74) is 3.17. The fourth-order valence-corrected chi connectivity index (χ4v) is 1.11. The molecule has 0 amide bonds. The van der Waals surface area contributed by atoms with Crippen molar-refractivity contribution in [3.05, 3.63) is 17.0 Å². The molecule has 0 unspecified atom stereocenters. The molecule has 0 saturated carbocycles. The van der Waals surface area contributed by atoms with Crippen molar-refractivity contribution in [2.75, 3.05) is 0 Å². The molecule has 0 radical (unpaired) electrons. The molecule has 11 heavy (non-hydrogen) atoms. The van der Waals surface area contributed by atoms with Crippen molar-refractivity contribution in [1.29, 1.82) is 0 Å². The van der Waals surface area contributed by atoms with E-state index in [1.165, 1.54) is 0 Å². The smallest absolute Gasteiger partial charge is 0.0965 e. The largest absolute Gasteiger partial charge is 0.300 e. The minimum atomic E-state index is 0.436. The lowest BCUT2D eigenvalue weighted by molar-refractivity contribution is 0.123. The molecule has 0 fully saturated rings. The first-order valence-electron chi connectivity index (χ1n) is 3.47. The summed E-state index contributed by atoms with van der Waals surface area (Å²) in [5.74, 6) is 4.97. The predicted molar refractivity (Wildman–Crippen MR) is 41.7 cm³/mol. The van der Waals surface area contributed by atoms with Crippen LogP contribution in [-0.2, 0) is 18.5 Å². The van der Waals surface area contributed by atoms with Crippen molar-refractivity contribution in [2.45, 2.75) is 20.5 Å². The molecule has 0 atom stereocenters. The summed E-state index contributed by atoms with van der Waals surface area (Å²) >= 11 is 0. The van der Waals surface area contributed by atoms with E-state index in [2.05, 4.69) is 9.94 Å². The zero-order chi connectivity index (χ0) is 8.43. The van der Waals surface area contributed by atoms with Crippen LogP contribution in [0.1, 0.15) is 17.0 Å². The van der Waals surface area contributed by atoms with E-state index in [-0.39, 0.29) is 0 Å². The molecule has 4 nitrogen and oxygen atoms in total. The quantitative estimate of drug-likeness (QED) is 0.630. The Labute approximate surface area is 65.9 Å². The van der Waals surface area contributed by atoms with Crippen LogP contribution in [0, 0.1) is 13.8 Å². The van der Waals surface area contributed by atoms with E-state index in [9.17, 15) is 0 Å². The molecular formula is C7H13N3O. The molecule has 1 rings (SSSR count). The van der Waals surface area contributed by atoms with Gasteiger partial charge in [0.25, 0.3) is 0 Å². The molecule has 0 aliphatic carbocycles. The molecule has 1 aromatic rings. The Bertz CT molecular complexity index is 254. The van der Waals surface area contributed by atoms with Crippen LogP contribution in [0.25, 0.3) is 0 Å². The molecule has 1 heterocycles. The standard InChI is InChI=1S/C7H13N3O/c1-5-7(4-11-8)6(2)10(3)9-5/h4,8H2,1-3H3. The molecule has 0 aromatic carbocycles. The molecule has 0 aliphatic heterocycles. The minimum Gasteiger partial charge on any atom is -0.300 e. The number of aryl methyl sites for hydroxylation is 2. The van der Waals surface area contributed by atoms with Crippen LogP contribution in [0.15, 0.2) is 0 Å². The second-order valence-electron chi connectivity index (χ2n) is 2.58. The van der Waals surface area contributed by atoms with Gasteiger partial charge < -0.3 is 0 Å². The average molecular weight is 155 g/mol. The summed E-state index contributed by atoms with van der Waals surface area (Å²) < 4.78 is 1.82. The number of aromatic nitrogens is 2. The van der Waals surface area contributed by atoms with E-state index in [0.717, 1.165) is 17.0 Å². The van der Waals surface area contributed by atoms with Gasteiger partial charge >= 0.3 is 0 Å². The van der Waals surface area contributed by atoms with E-state index in [0.29, 0.717) is 6.61 Å². The van der Waals surface area contributed by atoms with Gasteiger partial charge in [-0.1, -0.05) is 0 Å². The lowest BCUT2D eigenvalue weighted by atomic mass is 10.2. The van der Waals surface area contributed by atoms with Gasteiger partial charge in [-0.15, -0.1) is 0 Å². The van der Waals surface area contributed by atoms with Gasteiger partial charge in [-0.2, -0.15) is 5.10 Å². The van der Waals surface area contributed by atoms with E-state index >= 15 is 0 Å². The van der Waals surface area contributed by atoms with Crippen LogP contribution in [0.5, 0.6) is 0 Å². The number of rotatable bonds is 2. The van der Waals surface area contributed by atoms with Gasteiger partial charge in [0.1, 0.15) is 0 Å². The lowest BCUT2D eigenvalue weighted by Crippen LogP contribution is -2.01. The fraction of sp³-hybridized carbons (Fsp3) is 0.571. The summed E-state index contributed by atoms with van der Waals surface area (Å²) in [7, 11) is 1.91. The molecule has 62 valence electrons. The van der Waals surface area contributed by atoms with Crippen LogP contribution in [0.2, 0.25) is 0 Å². The summed E-state index contributed by atoms with van der Waals surface area (Å²) in [5, 5.41) is 4.21. The Kier molecular flexibility index (Phi) is 2.26. The SMILES string of the molecule is Cc1nn(C)c(C)c1CON. The van der Waals surface area contributed by atoms with Crippen LogP contribution in [0.3, 0.4) is 0 Å². The Morgan fingerprint density at radius 3 is 2.55 bits per heavy atom. The second-order valence-corrected chi connectivity index (χ2v) is 2.58. The van der Waals surface area contributed by atoms with Crippen molar-refractivity contribution in [2.24, 2.45) is 12.9 Å². The van der Waals surface area contributed by atoms with Crippen molar-refractivity contribution in [3.8, 4) is 0 Å². The molecule has 1 aromatic heterocycles. The van der Waals surface area contributed by atoms with Crippen LogP contribution < -0.4 is 5.90 Å². The molecule has 0 bridgehead atoms. The number of nitrogens with zero attached hydrogens (tertiary/aromatic N) is 2. The maximum absolute atomic E-state index is 4.97. The first kappa shape index (κ1) is 8.23. The Morgan fingerprint density at radius 1 is 1.55 bits per heavy atom. The zero-order valence-corrected chi connectivity index (χ0v) is 7.09. The number of nitrogens with two attached hydrogens (primary N) is 1. The van der Waals surface area contributed by atoms with Gasteiger partial charge in [0.05, 0.1) is 12.3 Å². The van der Waals surface area contributed by atoms with Crippen LogP contribution in [0.4, 0.5) is 0 Å². The topological polar surface area (TPSA) is 53.1 Å². The van der Waals surface area contributed by atoms with Crippen LogP contribution in [-0.4, -0.2) is 9.78 Å². The van der Waals surface area contributed by atoms with Gasteiger partial charge in [0.15, 0.2) is 0 Å². The Hall–Kier alpha value is -0.870. The third-order valence-electron chi connectivity index (χ3n) is 1.89. The molecule has 4 heteroatoms. The van der Waals surface area contributed by atoms with Gasteiger partial charge in [0.2, 0.25) is 0 Å². The average Bonchev–Trinajstić information content (AvgIpc) is 2.17. The monoisotopic (exact) mass is 155 g/mol. The van der Waals surface area contributed by atoms with Crippen molar-refractivity contribution < 1.29 is 4.84 Å². The first-order valence-corrected chi connectivity index (χ1v) is 3.47. The van der Waals surface area contributed by atoms with E-state index in [1.807, 2.05) is 25.6 Å². The third kappa shape index (κ3) is 1.41. The maximum atomic E-state index is 4.97. The predicted octanol–water partition coefficient (Wildman–Crippen LogP) is 0.427. The molecule has 0 aliphatic rings. The summed E-state index contributed by atoms with van der Waals surface area (Å²) in [6.07, 6.45) is 0. The molecular weight excluding hydrogens is 142 g/mol. The maximum Gasteiger partial charge on any atom is 0.0965 e. The molecule has 2 N–H and O–H groups in total. The Morgan fingerprint density at radius 2 is 2.18 bits per heavy atom. The third-order valence-corrected chi connectivity index (χ3v) is 1.89. The molecule has 0 spiro atoms. The Balaban J connectivity index is 3.02. The van der Waals surface area contributed by atoms with Gasteiger partial charge in [-0.3, -0.25) is 9.52 Å². The normalized spacial score (nSPS) is 10.5. The fourth-order valence-electron chi connectivity index (χ4n) is 1.11. The van der Waals surface area contributed by atoms with Crippen molar-refractivity contribution >= 4 is 0 Å². The molecule has 0 saturated heterocycles. The van der Waals surface area contributed by atoms with Gasteiger partial charge in [-0.25, -0.2) is 5.90 Å². The zero-order valence-electron chi connectivity index (χ0n) is 7.09. The minimum absolute atomic E-state index is 0.436. The lowest BCUT2D eigenvalue weighted by Gasteiger charge is -1.97. The van der Waals surface area contributed by atoms with E-state index in [4.69, 9.17) is 5.90 Å². The summed E-state index contributed by atoms with van der Waals surface area (Å²) in [6, 6.07) is 0. The van der Waals surface area contributed by atoms with Crippen molar-refractivity contribution in [1.82, 2.24) is 9.78 Å². The number of hydrogen-bond acceptors (Lipinski definition) is 3. The highest BCUT2D eigenvalue weighted by atomic mass is 16.6. The first-order chi connectivity index (χ1) is 5.16. The van der Waals surface area contributed by atoms with Gasteiger partial charge in [0, 0.05) is 18.3 Å². The van der Waals surface area contributed by atoms with Crippen molar-refractivity contribution in [3.63, 3.8) is 0 Å². The van der Waals surface area contributed by atoms with E-state index in [1.54, 1.807) is 0 Å². The van der Waals surface area contributed by atoms with Crippen LogP contribution >= 0.6 is 0 Å². The summed E-state index contributed by atoms with van der Waals surface area (Å²) in [6.45, 7) is 4.38. The summed E-state index contributed by atoms with van der Waals surface area (Å²) in [4.78, 5) is 4.55. The van der Waals surface area contributed by atoms with E-state index < -0.39 is 0 Å². The highest BCUT2D eigenvalue weighted by Gasteiger charge is 2.07. The number of hydrogen-bond donors (Lipinski definition) is 1. The second kappa shape index (κ2) is 3.02. The van der Waals surface area contributed by atoms with Gasteiger partial charge in [-0.05, 0) is 13.8 Å².